The van der Waals surface area contributed by atoms with Crippen molar-refractivity contribution in [1.82, 2.24) is 0 Å². The summed E-state index contributed by atoms with van der Waals surface area (Å²) < 4.78 is 5.37. The Morgan fingerprint density at radius 1 is 1.08 bits per heavy atom. The number of carboxylic acids is 1. The molecule has 0 bridgehead atoms. The van der Waals surface area contributed by atoms with Crippen LogP contribution in [0.5, 0.6) is 5.75 Å². The topological polar surface area (TPSA) is 75.6 Å². The van der Waals surface area contributed by atoms with E-state index in [4.69, 9.17) is 4.74 Å². The number of hydrogen-bond donors (Lipinski definition) is 2. The van der Waals surface area contributed by atoms with Crippen LogP contribution in [0, 0.1) is 5.92 Å². The average molecular weight is 341 g/mol. The molecule has 2 N–H and O–H groups in total. The number of nitrogens with one attached hydrogen (secondary N) is 1. The van der Waals surface area contributed by atoms with Crippen LogP contribution in [0.25, 0.3) is 0 Å². The molecular formula is C20H23NO4. The van der Waals surface area contributed by atoms with Crippen LogP contribution in [0.2, 0.25) is 0 Å². The molecule has 5 heteroatoms. The number of amides is 1. The molecule has 2 rings (SSSR count). The maximum Gasteiger partial charge on any atom is 0.304 e. The number of anilines is 1. The van der Waals surface area contributed by atoms with Gasteiger partial charge in [0.2, 0.25) is 5.91 Å². The van der Waals surface area contributed by atoms with Gasteiger partial charge in [0.25, 0.3) is 0 Å². The number of hydrogen-bond acceptors (Lipinski definition) is 3. The molecule has 25 heavy (non-hydrogen) atoms. The van der Waals surface area contributed by atoms with E-state index in [-0.39, 0.29) is 18.2 Å². The van der Waals surface area contributed by atoms with Crippen molar-refractivity contribution in [2.24, 2.45) is 5.92 Å². The van der Waals surface area contributed by atoms with E-state index in [1.54, 1.807) is 24.3 Å². The number of carboxylic acid groups (broad SMARTS) is 1. The van der Waals surface area contributed by atoms with Crippen molar-refractivity contribution in [3.05, 3.63) is 60.2 Å². The SMILES string of the molecule is CCOc1ccc(NC(=O)[C@@H](CC(=O)O)[C@@H](C)c2ccccc2)cc1. The summed E-state index contributed by atoms with van der Waals surface area (Å²) in [5.74, 6) is -1.44. The Kier molecular flexibility index (Phi) is 6.57. The van der Waals surface area contributed by atoms with E-state index in [0.29, 0.717) is 12.3 Å². The van der Waals surface area contributed by atoms with Crippen molar-refractivity contribution in [2.45, 2.75) is 26.2 Å². The van der Waals surface area contributed by atoms with Gasteiger partial charge in [0.05, 0.1) is 18.9 Å². The molecule has 132 valence electrons. The van der Waals surface area contributed by atoms with Crippen LogP contribution in [0.15, 0.2) is 54.6 Å². The maximum absolute atomic E-state index is 12.7. The van der Waals surface area contributed by atoms with E-state index in [2.05, 4.69) is 5.32 Å². The summed E-state index contributed by atoms with van der Waals surface area (Å²) in [5.41, 5.74) is 1.56. The molecule has 0 aliphatic carbocycles. The third-order valence-electron chi connectivity index (χ3n) is 4.09. The highest BCUT2D eigenvalue weighted by molar-refractivity contribution is 5.95. The number of benzene rings is 2. The number of rotatable bonds is 8. The summed E-state index contributed by atoms with van der Waals surface area (Å²) in [6, 6.07) is 16.5. The molecule has 0 saturated carbocycles. The lowest BCUT2D eigenvalue weighted by atomic mass is 9.84. The Labute approximate surface area is 147 Å². The molecule has 0 heterocycles. The summed E-state index contributed by atoms with van der Waals surface area (Å²) in [4.78, 5) is 23.9. The molecule has 2 atom stereocenters. The third-order valence-corrected chi connectivity index (χ3v) is 4.09. The predicted octanol–water partition coefficient (Wildman–Crippen LogP) is 3.92. The first kappa shape index (κ1) is 18.5. The van der Waals surface area contributed by atoms with Gasteiger partial charge in [-0.2, -0.15) is 0 Å². The molecule has 5 nitrogen and oxygen atoms in total. The number of carbonyl (C=O) groups is 2. The smallest absolute Gasteiger partial charge is 0.304 e. The Balaban J connectivity index is 2.13. The lowest BCUT2D eigenvalue weighted by Crippen LogP contribution is -2.29. The van der Waals surface area contributed by atoms with Crippen LogP contribution in [0.1, 0.15) is 31.7 Å². The predicted molar refractivity (Wildman–Crippen MR) is 96.8 cm³/mol. The van der Waals surface area contributed by atoms with Gasteiger partial charge in [-0.3, -0.25) is 9.59 Å². The standard InChI is InChI=1S/C20H23NO4/c1-3-25-17-11-9-16(10-12-17)21-20(24)18(13-19(22)23)14(2)15-7-5-4-6-8-15/h4-12,14,18H,3,13H2,1-2H3,(H,21,24)(H,22,23)/t14-,18-/m0/s1. The normalized spacial score (nSPS) is 12.9. The van der Waals surface area contributed by atoms with Crippen LogP contribution in [0.4, 0.5) is 5.69 Å². The van der Waals surface area contributed by atoms with Gasteiger partial charge >= 0.3 is 5.97 Å². The molecule has 2 aromatic carbocycles. The van der Waals surface area contributed by atoms with Gasteiger partial charge in [-0.25, -0.2) is 0 Å². The second-order valence-corrected chi connectivity index (χ2v) is 5.85. The van der Waals surface area contributed by atoms with Gasteiger partial charge in [-0.15, -0.1) is 0 Å². The minimum atomic E-state index is -0.991. The summed E-state index contributed by atoms with van der Waals surface area (Å²) in [7, 11) is 0. The molecule has 0 fully saturated rings. The van der Waals surface area contributed by atoms with Gasteiger partial charge in [-0.1, -0.05) is 37.3 Å². The maximum atomic E-state index is 12.7. The largest absolute Gasteiger partial charge is 0.494 e. The van der Waals surface area contributed by atoms with E-state index in [9.17, 15) is 14.7 Å². The van der Waals surface area contributed by atoms with Gasteiger partial charge in [-0.05, 0) is 42.7 Å². The molecular weight excluding hydrogens is 318 g/mol. The van der Waals surface area contributed by atoms with Gasteiger partial charge in [0.1, 0.15) is 5.75 Å². The molecule has 0 unspecified atom stereocenters. The van der Waals surface area contributed by atoms with Crippen LogP contribution in [-0.4, -0.2) is 23.6 Å². The van der Waals surface area contributed by atoms with Crippen molar-refractivity contribution in [1.29, 1.82) is 0 Å². The third kappa shape index (κ3) is 5.35. The molecule has 1 amide bonds. The zero-order chi connectivity index (χ0) is 18.2. The molecule has 0 spiro atoms. The van der Waals surface area contributed by atoms with Crippen LogP contribution in [0.3, 0.4) is 0 Å². The Hall–Kier alpha value is -2.82. The van der Waals surface area contributed by atoms with Crippen molar-refractivity contribution in [2.75, 3.05) is 11.9 Å². The lowest BCUT2D eigenvalue weighted by Gasteiger charge is -2.22. The first-order valence-electron chi connectivity index (χ1n) is 8.31. The molecule has 0 aromatic heterocycles. The highest BCUT2D eigenvalue weighted by Crippen LogP contribution is 2.28. The minimum absolute atomic E-state index is 0.208. The van der Waals surface area contributed by atoms with Crippen LogP contribution in [-0.2, 0) is 9.59 Å². The fraction of sp³-hybridized carbons (Fsp3) is 0.300. The fourth-order valence-corrected chi connectivity index (χ4v) is 2.71. The van der Waals surface area contributed by atoms with Crippen molar-refractivity contribution in [3.63, 3.8) is 0 Å². The Morgan fingerprint density at radius 2 is 1.72 bits per heavy atom. The minimum Gasteiger partial charge on any atom is -0.494 e. The van der Waals surface area contributed by atoms with E-state index < -0.39 is 11.9 Å². The van der Waals surface area contributed by atoms with Gasteiger partial charge in [0.15, 0.2) is 0 Å². The van der Waals surface area contributed by atoms with Crippen molar-refractivity contribution in [3.8, 4) is 5.75 Å². The second-order valence-electron chi connectivity index (χ2n) is 5.85. The molecule has 0 aliphatic rings. The zero-order valence-corrected chi connectivity index (χ0v) is 14.4. The second kappa shape index (κ2) is 8.87. The first-order chi connectivity index (χ1) is 12.0. The Bertz CT molecular complexity index is 697. The molecule has 0 radical (unpaired) electrons. The highest BCUT2D eigenvalue weighted by Gasteiger charge is 2.28. The lowest BCUT2D eigenvalue weighted by molar-refractivity contribution is -0.140. The van der Waals surface area contributed by atoms with Crippen molar-refractivity contribution < 1.29 is 19.4 Å². The van der Waals surface area contributed by atoms with Gasteiger partial charge < -0.3 is 15.2 Å². The van der Waals surface area contributed by atoms with Crippen LogP contribution < -0.4 is 10.1 Å². The van der Waals surface area contributed by atoms with Crippen LogP contribution >= 0.6 is 0 Å². The molecule has 2 aromatic rings. The van der Waals surface area contributed by atoms with Crippen molar-refractivity contribution >= 4 is 17.6 Å². The Morgan fingerprint density at radius 3 is 2.28 bits per heavy atom. The van der Waals surface area contributed by atoms with E-state index in [1.165, 1.54) is 0 Å². The van der Waals surface area contributed by atoms with Gasteiger partial charge in [0, 0.05) is 5.69 Å². The summed E-state index contributed by atoms with van der Waals surface area (Å²) in [5, 5.41) is 12.0. The highest BCUT2D eigenvalue weighted by atomic mass is 16.5. The first-order valence-corrected chi connectivity index (χ1v) is 8.31. The summed E-state index contributed by atoms with van der Waals surface area (Å²) >= 11 is 0. The number of carbonyl (C=O) groups excluding carboxylic acids is 1. The van der Waals surface area contributed by atoms with E-state index in [0.717, 1.165) is 11.3 Å². The summed E-state index contributed by atoms with van der Waals surface area (Å²) in [6.07, 6.45) is -0.223. The zero-order valence-electron chi connectivity index (χ0n) is 14.4. The molecule has 0 aliphatic heterocycles. The quantitative estimate of drug-likeness (QED) is 0.763. The molecule has 0 saturated heterocycles. The number of aliphatic carboxylic acids is 1. The summed E-state index contributed by atoms with van der Waals surface area (Å²) in [6.45, 7) is 4.35. The average Bonchev–Trinajstić information content (AvgIpc) is 2.61. The fourth-order valence-electron chi connectivity index (χ4n) is 2.71. The van der Waals surface area contributed by atoms with E-state index in [1.807, 2.05) is 44.2 Å². The number of ether oxygens (including phenoxy) is 1. The van der Waals surface area contributed by atoms with E-state index >= 15 is 0 Å². The monoisotopic (exact) mass is 341 g/mol.